The van der Waals surface area contributed by atoms with Crippen LogP contribution in [0.3, 0.4) is 0 Å². The Morgan fingerprint density at radius 1 is 1.14 bits per heavy atom. The minimum Gasteiger partial charge on any atom is -0.497 e. The van der Waals surface area contributed by atoms with Gasteiger partial charge < -0.3 is 23.4 Å². The van der Waals surface area contributed by atoms with E-state index >= 15 is 0 Å². The lowest BCUT2D eigenvalue weighted by Crippen LogP contribution is -2.17. The Morgan fingerprint density at radius 2 is 1.90 bits per heavy atom. The van der Waals surface area contributed by atoms with E-state index in [1.54, 1.807) is 38.3 Å². The van der Waals surface area contributed by atoms with Crippen LogP contribution in [0, 0.1) is 0 Å². The average molecular weight is 417 g/mol. The monoisotopic (exact) mass is 416 g/mol. The molecule has 0 N–H and O–H groups in total. The van der Waals surface area contributed by atoms with Crippen LogP contribution in [-0.2, 0) is 4.74 Å². The van der Waals surface area contributed by atoms with Gasteiger partial charge in [0.2, 0.25) is 5.89 Å². The zero-order valence-electron chi connectivity index (χ0n) is 15.7. The van der Waals surface area contributed by atoms with Gasteiger partial charge in [-0.2, -0.15) is 0 Å². The molecule has 1 aliphatic heterocycles. The van der Waals surface area contributed by atoms with Crippen LogP contribution in [0.1, 0.15) is 29.3 Å². The van der Waals surface area contributed by atoms with E-state index in [1.165, 1.54) is 12.1 Å². The molecular weight excluding hydrogens is 400 g/mol. The summed E-state index contributed by atoms with van der Waals surface area (Å²) in [6.07, 6.45) is -0.756. The van der Waals surface area contributed by atoms with Crippen molar-refractivity contribution < 1.29 is 28.2 Å². The van der Waals surface area contributed by atoms with Crippen molar-refractivity contribution >= 4 is 17.6 Å². The van der Waals surface area contributed by atoms with E-state index in [0.717, 1.165) is 5.56 Å². The molecule has 0 spiro atoms. The third kappa shape index (κ3) is 3.97. The largest absolute Gasteiger partial charge is 0.497 e. The van der Waals surface area contributed by atoms with E-state index in [1.807, 2.05) is 0 Å². The Labute approximate surface area is 171 Å². The summed E-state index contributed by atoms with van der Waals surface area (Å²) in [4.78, 5) is 12.5. The van der Waals surface area contributed by atoms with Crippen molar-refractivity contribution in [2.45, 2.75) is 13.0 Å². The fourth-order valence-electron chi connectivity index (χ4n) is 2.76. The normalized spacial score (nSPS) is 13.6. The fourth-order valence-corrected chi connectivity index (χ4v) is 3.02. The molecule has 1 aliphatic rings. The van der Waals surface area contributed by atoms with Gasteiger partial charge in [0.25, 0.3) is 5.89 Å². The van der Waals surface area contributed by atoms with Crippen LogP contribution in [0.4, 0.5) is 0 Å². The minimum absolute atomic E-state index is 0.174. The van der Waals surface area contributed by atoms with Crippen LogP contribution < -0.4 is 14.2 Å². The first-order valence-electron chi connectivity index (χ1n) is 8.83. The summed E-state index contributed by atoms with van der Waals surface area (Å²) in [5.74, 6) is 1.43. The third-order valence-electron chi connectivity index (χ3n) is 4.24. The van der Waals surface area contributed by atoms with Crippen LogP contribution in [0.15, 0.2) is 40.8 Å². The van der Waals surface area contributed by atoms with Crippen molar-refractivity contribution in [1.29, 1.82) is 0 Å². The van der Waals surface area contributed by atoms with Crippen molar-refractivity contribution in [3.8, 4) is 28.7 Å². The zero-order valence-corrected chi connectivity index (χ0v) is 16.4. The van der Waals surface area contributed by atoms with Gasteiger partial charge in [-0.1, -0.05) is 11.6 Å². The summed E-state index contributed by atoms with van der Waals surface area (Å²) in [6, 6.07) is 10.2. The Hall–Kier alpha value is -3.26. The van der Waals surface area contributed by atoms with Crippen molar-refractivity contribution in [2.24, 2.45) is 0 Å². The molecule has 1 aromatic heterocycles. The molecule has 4 rings (SSSR count). The van der Waals surface area contributed by atoms with Gasteiger partial charge in [-0.3, -0.25) is 0 Å². The molecule has 8 nitrogen and oxygen atoms in total. The van der Waals surface area contributed by atoms with Gasteiger partial charge in [-0.25, -0.2) is 4.79 Å². The maximum atomic E-state index is 12.5. The van der Waals surface area contributed by atoms with Crippen molar-refractivity contribution in [2.75, 3.05) is 20.3 Å². The molecule has 0 amide bonds. The summed E-state index contributed by atoms with van der Waals surface area (Å²) in [5.41, 5.74) is 0.961. The second-order valence-electron chi connectivity index (χ2n) is 6.20. The molecule has 0 bridgehead atoms. The van der Waals surface area contributed by atoms with Gasteiger partial charge in [0.1, 0.15) is 19.0 Å². The molecule has 3 aromatic rings. The second-order valence-corrected chi connectivity index (χ2v) is 6.61. The topological polar surface area (TPSA) is 92.9 Å². The number of hydrogen-bond donors (Lipinski definition) is 0. The number of nitrogens with zero attached hydrogens (tertiary/aromatic N) is 2. The minimum atomic E-state index is -0.756. The number of hydrogen-bond acceptors (Lipinski definition) is 8. The number of rotatable bonds is 5. The number of carbonyl (C=O) groups excluding carboxylic acids is 1. The number of benzene rings is 2. The van der Waals surface area contributed by atoms with E-state index in [2.05, 4.69) is 10.2 Å². The molecule has 1 atom stereocenters. The Bertz CT molecular complexity index is 1030. The first-order chi connectivity index (χ1) is 14.0. The van der Waals surface area contributed by atoms with Crippen LogP contribution in [-0.4, -0.2) is 36.5 Å². The molecule has 9 heteroatoms. The summed E-state index contributed by atoms with van der Waals surface area (Å²) in [6.45, 7) is 2.43. The Kier molecular flexibility index (Phi) is 5.26. The lowest BCUT2D eigenvalue weighted by atomic mass is 10.2. The van der Waals surface area contributed by atoms with Crippen molar-refractivity contribution in [3.05, 3.63) is 52.9 Å². The zero-order chi connectivity index (χ0) is 20.4. The lowest BCUT2D eigenvalue weighted by Gasteiger charge is -2.20. The Balaban J connectivity index is 1.48. The maximum absolute atomic E-state index is 12.5. The van der Waals surface area contributed by atoms with Crippen LogP contribution in [0.25, 0.3) is 11.5 Å². The maximum Gasteiger partial charge on any atom is 0.339 e. The molecule has 0 aliphatic carbocycles. The summed E-state index contributed by atoms with van der Waals surface area (Å²) in [7, 11) is 1.59. The molecular formula is C20H17ClN2O6. The predicted octanol–water partition coefficient (Wildman–Crippen LogP) is 4.09. The van der Waals surface area contributed by atoms with Crippen molar-refractivity contribution in [1.82, 2.24) is 10.2 Å². The smallest absolute Gasteiger partial charge is 0.339 e. The summed E-state index contributed by atoms with van der Waals surface area (Å²) < 4.78 is 27.2. The summed E-state index contributed by atoms with van der Waals surface area (Å²) >= 11 is 6.18. The first kappa shape index (κ1) is 19.1. The molecule has 2 aromatic carbocycles. The van der Waals surface area contributed by atoms with Crippen LogP contribution >= 0.6 is 11.6 Å². The number of esters is 1. The second kappa shape index (κ2) is 8.00. The highest BCUT2D eigenvalue weighted by molar-refractivity contribution is 6.32. The Morgan fingerprint density at radius 3 is 2.66 bits per heavy atom. The number of methoxy groups -OCH3 is 1. The van der Waals surface area contributed by atoms with Crippen LogP contribution in [0.2, 0.25) is 5.02 Å². The van der Waals surface area contributed by atoms with E-state index in [9.17, 15) is 4.79 Å². The lowest BCUT2D eigenvalue weighted by molar-refractivity contribution is 0.0279. The standard InChI is InChI=1S/C20H17ClN2O6/c1-11(18-22-23-19(29-18)12-3-5-14(25-2)6-4-12)28-20(24)13-9-15(21)17-16(10-13)26-7-8-27-17/h3-6,9-11H,7-8H2,1-2H3/t11-/m1/s1. The summed E-state index contributed by atoms with van der Waals surface area (Å²) in [5, 5.41) is 8.26. The van der Waals surface area contributed by atoms with E-state index in [-0.39, 0.29) is 16.5 Å². The van der Waals surface area contributed by atoms with Gasteiger partial charge in [-0.05, 0) is 43.3 Å². The highest BCUT2D eigenvalue weighted by atomic mass is 35.5. The molecule has 0 radical (unpaired) electrons. The quantitative estimate of drug-likeness (QED) is 0.574. The molecule has 29 heavy (non-hydrogen) atoms. The number of carbonyl (C=O) groups is 1. The number of aromatic nitrogens is 2. The SMILES string of the molecule is COc1ccc(-c2nnc([C@@H](C)OC(=O)c3cc(Cl)c4c(c3)OCCO4)o2)cc1. The predicted molar refractivity (Wildman–Crippen MR) is 103 cm³/mol. The van der Waals surface area contributed by atoms with Gasteiger partial charge >= 0.3 is 5.97 Å². The van der Waals surface area contributed by atoms with E-state index in [4.69, 9.17) is 35.0 Å². The average Bonchev–Trinajstić information content (AvgIpc) is 3.24. The fraction of sp³-hybridized carbons (Fsp3) is 0.250. The number of ether oxygens (including phenoxy) is 4. The highest BCUT2D eigenvalue weighted by Crippen LogP contribution is 2.38. The molecule has 0 saturated heterocycles. The van der Waals surface area contributed by atoms with Crippen molar-refractivity contribution in [3.63, 3.8) is 0 Å². The van der Waals surface area contributed by atoms with E-state index < -0.39 is 12.1 Å². The van der Waals surface area contributed by atoms with Gasteiger partial charge in [0.15, 0.2) is 17.6 Å². The number of fused-ring (bicyclic) bond motifs is 1. The molecule has 0 saturated carbocycles. The highest BCUT2D eigenvalue weighted by Gasteiger charge is 2.23. The first-order valence-corrected chi connectivity index (χ1v) is 9.21. The third-order valence-corrected chi connectivity index (χ3v) is 4.52. The van der Waals surface area contributed by atoms with Gasteiger partial charge in [0.05, 0.1) is 17.7 Å². The molecule has 2 heterocycles. The van der Waals surface area contributed by atoms with Crippen LogP contribution in [0.5, 0.6) is 17.2 Å². The van der Waals surface area contributed by atoms with Gasteiger partial charge in [-0.15, -0.1) is 10.2 Å². The van der Waals surface area contributed by atoms with Gasteiger partial charge in [0, 0.05) is 5.56 Å². The van der Waals surface area contributed by atoms with E-state index in [0.29, 0.717) is 36.4 Å². The molecule has 0 fully saturated rings. The molecule has 0 unspecified atom stereocenters. The molecule has 150 valence electrons. The number of halogens is 1.